The van der Waals surface area contributed by atoms with Crippen LogP contribution in [0.4, 0.5) is 5.13 Å². The van der Waals surface area contributed by atoms with Crippen molar-refractivity contribution in [2.45, 2.75) is 32.6 Å². The van der Waals surface area contributed by atoms with Crippen molar-refractivity contribution < 1.29 is 9.53 Å². The van der Waals surface area contributed by atoms with E-state index >= 15 is 0 Å². The third-order valence-electron chi connectivity index (χ3n) is 5.62. The fraction of sp³-hybridized carbons (Fsp3) is 0.500. The first-order valence-electron chi connectivity index (χ1n) is 10.7. The summed E-state index contributed by atoms with van der Waals surface area (Å²) in [5.74, 6) is 0.616. The molecule has 2 N–H and O–H groups in total. The molecule has 2 aromatic rings. The van der Waals surface area contributed by atoms with Crippen molar-refractivity contribution in [3.05, 3.63) is 47.0 Å². The fourth-order valence-electron chi connectivity index (χ4n) is 4.05. The normalized spacial score (nSPS) is 21.9. The van der Waals surface area contributed by atoms with Gasteiger partial charge in [0.15, 0.2) is 11.1 Å². The number of carbonyl (C=O) groups excluding carboxylic acids is 1. The zero-order chi connectivity index (χ0) is 21.8. The second-order valence-electron chi connectivity index (χ2n) is 8.13. The van der Waals surface area contributed by atoms with Gasteiger partial charge in [0.25, 0.3) is 5.91 Å². The van der Waals surface area contributed by atoms with Crippen LogP contribution in [0.15, 0.2) is 40.8 Å². The van der Waals surface area contributed by atoms with Gasteiger partial charge < -0.3 is 25.2 Å². The number of anilines is 1. The number of guanidine groups is 1. The lowest BCUT2D eigenvalue weighted by Gasteiger charge is -2.35. The summed E-state index contributed by atoms with van der Waals surface area (Å²) >= 11 is 1.66. The Kier molecular flexibility index (Phi) is 8.72. The topological polar surface area (TPSA) is 87.3 Å². The van der Waals surface area contributed by atoms with Crippen LogP contribution in [0.2, 0.25) is 0 Å². The number of rotatable bonds is 4. The fourth-order valence-corrected chi connectivity index (χ4v) is 4.75. The Labute approximate surface area is 210 Å². The van der Waals surface area contributed by atoms with Crippen molar-refractivity contribution >= 4 is 52.3 Å². The van der Waals surface area contributed by atoms with Crippen molar-refractivity contribution in [3.8, 4) is 0 Å². The average Bonchev–Trinajstić information content (AvgIpc) is 3.32. The molecule has 2 fully saturated rings. The maximum Gasteiger partial charge on any atom is 0.254 e. The highest BCUT2D eigenvalue weighted by Gasteiger charge is 2.26. The molecular formula is C22H31IN6O2S. The zero-order valence-corrected chi connectivity index (χ0v) is 21.7. The van der Waals surface area contributed by atoms with Gasteiger partial charge in [-0.05, 0) is 31.5 Å². The van der Waals surface area contributed by atoms with Crippen LogP contribution < -0.4 is 10.6 Å². The number of thiazole rings is 1. The molecule has 2 unspecified atom stereocenters. The molecule has 1 aromatic heterocycles. The van der Waals surface area contributed by atoms with Crippen LogP contribution in [0.25, 0.3) is 0 Å². The molecule has 2 atom stereocenters. The molecule has 0 spiro atoms. The van der Waals surface area contributed by atoms with E-state index in [1.807, 2.05) is 54.6 Å². The minimum Gasteiger partial charge on any atom is -0.372 e. The molecule has 174 valence electrons. The quantitative estimate of drug-likeness (QED) is 0.346. The minimum atomic E-state index is 0. The summed E-state index contributed by atoms with van der Waals surface area (Å²) in [6.45, 7) is 9.19. The first kappa shape index (κ1) is 24.7. The number of aromatic nitrogens is 1. The Balaban J connectivity index is 0.00000289. The number of halogens is 1. The Morgan fingerprint density at radius 1 is 1.12 bits per heavy atom. The maximum absolute atomic E-state index is 12.8. The van der Waals surface area contributed by atoms with E-state index in [2.05, 4.69) is 19.8 Å². The lowest BCUT2D eigenvalue weighted by Crippen LogP contribution is -2.51. The van der Waals surface area contributed by atoms with Gasteiger partial charge in [0, 0.05) is 56.4 Å². The van der Waals surface area contributed by atoms with Crippen LogP contribution in [-0.4, -0.2) is 78.1 Å². The Morgan fingerprint density at radius 3 is 2.38 bits per heavy atom. The molecule has 0 aliphatic carbocycles. The van der Waals surface area contributed by atoms with Gasteiger partial charge in [0.2, 0.25) is 0 Å². The highest BCUT2D eigenvalue weighted by atomic mass is 127. The molecule has 0 radical (unpaired) electrons. The monoisotopic (exact) mass is 570 g/mol. The maximum atomic E-state index is 12.8. The first-order valence-corrected chi connectivity index (χ1v) is 11.6. The van der Waals surface area contributed by atoms with Crippen LogP contribution in [-0.2, 0) is 11.3 Å². The number of nitrogens with zero attached hydrogens (tertiary/aromatic N) is 5. The lowest BCUT2D eigenvalue weighted by atomic mass is 10.1. The summed E-state index contributed by atoms with van der Waals surface area (Å²) in [5.41, 5.74) is 7.96. The van der Waals surface area contributed by atoms with Crippen LogP contribution in [0.1, 0.15) is 29.8 Å². The number of nitrogens with two attached hydrogens (primary N) is 1. The molecule has 4 rings (SSSR count). The Bertz CT molecular complexity index is 890. The van der Waals surface area contributed by atoms with E-state index in [9.17, 15) is 4.79 Å². The van der Waals surface area contributed by atoms with Crippen molar-refractivity contribution in [1.29, 1.82) is 0 Å². The molecule has 1 amide bonds. The molecule has 10 heteroatoms. The summed E-state index contributed by atoms with van der Waals surface area (Å²) in [6.07, 6.45) is 1.96. The van der Waals surface area contributed by atoms with E-state index in [1.54, 1.807) is 11.3 Å². The number of piperazine rings is 1. The van der Waals surface area contributed by atoms with E-state index < -0.39 is 0 Å². The van der Waals surface area contributed by atoms with E-state index in [1.165, 1.54) is 0 Å². The third-order valence-corrected chi connectivity index (χ3v) is 6.46. The van der Waals surface area contributed by atoms with Gasteiger partial charge in [0.05, 0.1) is 18.8 Å². The van der Waals surface area contributed by atoms with Gasteiger partial charge in [-0.25, -0.2) is 9.98 Å². The summed E-state index contributed by atoms with van der Waals surface area (Å²) in [5, 5.41) is 3.06. The highest BCUT2D eigenvalue weighted by Crippen LogP contribution is 2.19. The second kappa shape index (κ2) is 11.3. The molecule has 2 aliphatic rings. The zero-order valence-electron chi connectivity index (χ0n) is 18.5. The minimum absolute atomic E-state index is 0. The third kappa shape index (κ3) is 6.10. The van der Waals surface area contributed by atoms with Gasteiger partial charge >= 0.3 is 0 Å². The Morgan fingerprint density at radius 2 is 1.78 bits per heavy atom. The summed E-state index contributed by atoms with van der Waals surface area (Å²) in [7, 11) is 0. The lowest BCUT2D eigenvalue weighted by molar-refractivity contribution is -0.0586. The van der Waals surface area contributed by atoms with Crippen molar-refractivity contribution in [1.82, 2.24) is 14.8 Å². The van der Waals surface area contributed by atoms with Crippen molar-refractivity contribution in [3.63, 3.8) is 0 Å². The predicted molar refractivity (Wildman–Crippen MR) is 139 cm³/mol. The predicted octanol–water partition coefficient (Wildman–Crippen LogP) is 2.65. The first-order chi connectivity index (χ1) is 15.0. The smallest absolute Gasteiger partial charge is 0.254 e. The number of hydrogen-bond acceptors (Lipinski definition) is 6. The van der Waals surface area contributed by atoms with Crippen LogP contribution in [0.5, 0.6) is 0 Å². The van der Waals surface area contributed by atoms with E-state index in [-0.39, 0.29) is 42.1 Å². The van der Waals surface area contributed by atoms with Crippen molar-refractivity contribution in [2.24, 2.45) is 10.7 Å². The highest BCUT2D eigenvalue weighted by molar-refractivity contribution is 14.0. The number of hydrogen-bond donors (Lipinski definition) is 1. The van der Waals surface area contributed by atoms with Crippen molar-refractivity contribution in [2.75, 3.05) is 44.2 Å². The number of benzene rings is 1. The van der Waals surface area contributed by atoms with E-state index in [0.717, 1.165) is 36.9 Å². The second-order valence-corrected chi connectivity index (χ2v) is 9.00. The van der Waals surface area contributed by atoms with E-state index in [4.69, 9.17) is 10.5 Å². The van der Waals surface area contributed by atoms with Gasteiger partial charge in [-0.3, -0.25) is 4.79 Å². The molecule has 0 saturated carbocycles. The molecule has 1 aromatic carbocycles. The Hall–Kier alpha value is -1.92. The molecule has 3 heterocycles. The average molecular weight is 571 g/mol. The summed E-state index contributed by atoms with van der Waals surface area (Å²) < 4.78 is 5.72. The number of carbonyl (C=O) groups is 1. The van der Waals surface area contributed by atoms with Gasteiger partial charge in [-0.15, -0.1) is 35.3 Å². The molecule has 0 bridgehead atoms. The number of ether oxygens (including phenoxy) is 1. The number of amides is 1. The van der Waals surface area contributed by atoms with Gasteiger partial charge in [0.1, 0.15) is 0 Å². The summed E-state index contributed by atoms with van der Waals surface area (Å²) in [6, 6.07) is 7.66. The van der Waals surface area contributed by atoms with Crippen LogP contribution in [0.3, 0.4) is 0 Å². The van der Waals surface area contributed by atoms with Gasteiger partial charge in [-0.2, -0.15) is 0 Å². The number of aliphatic imine (C=N–C) groups is 1. The molecule has 32 heavy (non-hydrogen) atoms. The molecule has 2 saturated heterocycles. The standard InChI is InChI=1S/C22H30N6O2S.HI/c1-16-14-28(15-17(2)30-16)20(29)19-5-3-18(4-6-19)13-25-21(23)26-8-10-27(11-9-26)22-24-7-12-31-22;/h3-7,12,16-17H,8-11,13-15H2,1-2H3,(H2,23,25);1H. The SMILES string of the molecule is CC1CN(C(=O)c2ccc(CN=C(N)N3CCN(c4nccs4)CC3)cc2)CC(C)O1.I. The van der Waals surface area contributed by atoms with Gasteiger partial charge in [-0.1, -0.05) is 12.1 Å². The molecular weight excluding hydrogens is 539 g/mol. The van der Waals surface area contributed by atoms with Crippen LogP contribution >= 0.6 is 35.3 Å². The number of morpholine rings is 1. The molecule has 8 nitrogen and oxygen atoms in total. The largest absolute Gasteiger partial charge is 0.372 e. The molecule has 2 aliphatic heterocycles. The summed E-state index contributed by atoms with van der Waals surface area (Å²) in [4.78, 5) is 28.0. The van der Waals surface area contributed by atoms with Crippen LogP contribution in [0, 0.1) is 0 Å². The van der Waals surface area contributed by atoms with E-state index in [0.29, 0.717) is 31.2 Å².